The number of unbranched alkanes of at least 4 members (excludes halogenated alkanes) is 5. The molecule has 0 radical (unpaired) electrons. The highest BCUT2D eigenvalue weighted by atomic mass is 16.7. The van der Waals surface area contributed by atoms with Gasteiger partial charge in [0.25, 0.3) is 0 Å². The molecule has 18 heavy (non-hydrogen) atoms. The zero-order valence-corrected chi connectivity index (χ0v) is 11.9. The summed E-state index contributed by atoms with van der Waals surface area (Å²) in [4.78, 5) is 0. The summed E-state index contributed by atoms with van der Waals surface area (Å²) in [6, 6.07) is 0. The van der Waals surface area contributed by atoms with Gasteiger partial charge in [0.05, 0.1) is 6.61 Å². The van der Waals surface area contributed by atoms with Crippen molar-refractivity contribution in [3.8, 4) is 0 Å². The molecule has 1 N–H and O–H groups in total. The summed E-state index contributed by atoms with van der Waals surface area (Å²) in [5.41, 5.74) is 0. The fourth-order valence-electron chi connectivity index (χ4n) is 1.62. The van der Waals surface area contributed by atoms with Gasteiger partial charge in [-0.25, -0.2) is 0 Å². The fraction of sp³-hybridized carbons (Fsp3) is 0.867. The van der Waals surface area contributed by atoms with E-state index in [1.165, 1.54) is 32.1 Å². The van der Waals surface area contributed by atoms with Crippen LogP contribution in [0.1, 0.15) is 58.3 Å². The van der Waals surface area contributed by atoms with Gasteiger partial charge >= 0.3 is 0 Å². The minimum atomic E-state index is 0.221. The van der Waals surface area contributed by atoms with Gasteiger partial charge < -0.3 is 14.6 Å². The molecule has 0 saturated carbocycles. The normalized spacial score (nSPS) is 11.4. The molecule has 0 spiro atoms. The summed E-state index contributed by atoms with van der Waals surface area (Å²) in [5.74, 6) is 0. The zero-order chi connectivity index (χ0) is 13.3. The van der Waals surface area contributed by atoms with Gasteiger partial charge in [-0.05, 0) is 19.3 Å². The molecule has 108 valence electrons. The minimum Gasteiger partial charge on any atom is -0.396 e. The highest BCUT2D eigenvalue weighted by molar-refractivity contribution is 4.80. The van der Waals surface area contributed by atoms with Gasteiger partial charge in [0.1, 0.15) is 6.79 Å². The second-order valence-electron chi connectivity index (χ2n) is 4.47. The second kappa shape index (κ2) is 16.6. The summed E-state index contributed by atoms with van der Waals surface area (Å²) in [6.07, 6.45) is 13.4. The average molecular weight is 258 g/mol. The van der Waals surface area contributed by atoms with Gasteiger partial charge in [-0.15, -0.1) is 0 Å². The smallest absolute Gasteiger partial charge is 0.146 e. The number of rotatable bonds is 14. The van der Waals surface area contributed by atoms with Crippen LogP contribution >= 0.6 is 0 Å². The molecule has 0 aliphatic carbocycles. The van der Waals surface area contributed by atoms with Crippen molar-refractivity contribution in [2.75, 3.05) is 26.6 Å². The molecule has 0 amide bonds. The fourth-order valence-corrected chi connectivity index (χ4v) is 1.62. The van der Waals surface area contributed by atoms with E-state index in [4.69, 9.17) is 14.6 Å². The van der Waals surface area contributed by atoms with Crippen LogP contribution in [0, 0.1) is 0 Å². The van der Waals surface area contributed by atoms with Crippen molar-refractivity contribution in [1.29, 1.82) is 0 Å². The Balaban J connectivity index is 2.94. The lowest BCUT2D eigenvalue weighted by molar-refractivity contribution is -0.0531. The number of aliphatic hydroxyl groups is 1. The second-order valence-corrected chi connectivity index (χ2v) is 4.47. The first kappa shape index (κ1) is 17.6. The quantitative estimate of drug-likeness (QED) is 0.293. The van der Waals surface area contributed by atoms with Crippen molar-refractivity contribution < 1.29 is 14.6 Å². The maximum Gasteiger partial charge on any atom is 0.146 e. The van der Waals surface area contributed by atoms with Crippen LogP contribution in [0.3, 0.4) is 0 Å². The van der Waals surface area contributed by atoms with Gasteiger partial charge in [0, 0.05) is 13.2 Å². The van der Waals surface area contributed by atoms with Crippen LogP contribution in [0.5, 0.6) is 0 Å². The predicted molar refractivity (Wildman–Crippen MR) is 75.6 cm³/mol. The van der Waals surface area contributed by atoms with Crippen molar-refractivity contribution in [2.45, 2.75) is 58.3 Å². The van der Waals surface area contributed by atoms with E-state index in [0.29, 0.717) is 13.4 Å². The van der Waals surface area contributed by atoms with Crippen molar-refractivity contribution in [3.63, 3.8) is 0 Å². The van der Waals surface area contributed by atoms with E-state index in [1.54, 1.807) is 0 Å². The molecule has 0 rings (SSSR count). The summed E-state index contributed by atoms with van der Waals surface area (Å²) in [7, 11) is 0. The van der Waals surface area contributed by atoms with E-state index in [1.807, 2.05) is 12.2 Å². The molecule has 3 nitrogen and oxygen atoms in total. The first-order chi connectivity index (χ1) is 8.91. The molecule has 0 unspecified atom stereocenters. The molecule has 0 aromatic carbocycles. The Morgan fingerprint density at radius 1 is 0.833 bits per heavy atom. The van der Waals surface area contributed by atoms with E-state index in [-0.39, 0.29) is 6.61 Å². The van der Waals surface area contributed by atoms with Gasteiger partial charge in [-0.2, -0.15) is 0 Å². The average Bonchev–Trinajstić information content (AvgIpc) is 2.39. The van der Waals surface area contributed by atoms with E-state index in [9.17, 15) is 0 Å². The third kappa shape index (κ3) is 15.6. The van der Waals surface area contributed by atoms with E-state index in [2.05, 4.69) is 6.92 Å². The van der Waals surface area contributed by atoms with Crippen molar-refractivity contribution in [1.82, 2.24) is 0 Å². The maximum absolute atomic E-state index is 8.55. The van der Waals surface area contributed by atoms with Gasteiger partial charge in [0.2, 0.25) is 0 Å². The molecular weight excluding hydrogens is 228 g/mol. The van der Waals surface area contributed by atoms with Crippen LogP contribution in [-0.2, 0) is 9.47 Å². The van der Waals surface area contributed by atoms with Gasteiger partial charge in [-0.1, -0.05) is 51.2 Å². The number of hydrogen-bond acceptors (Lipinski definition) is 3. The van der Waals surface area contributed by atoms with Crippen LogP contribution in [0.15, 0.2) is 12.2 Å². The van der Waals surface area contributed by atoms with Crippen LogP contribution in [0.2, 0.25) is 0 Å². The lowest BCUT2D eigenvalue weighted by Crippen LogP contribution is -2.02. The topological polar surface area (TPSA) is 38.7 Å². The Hall–Kier alpha value is -0.380. The van der Waals surface area contributed by atoms with E-state index < -0.39 is 0 Å². The zero-order valence-electron chi connectivity index (χ0n) is 11.9. The molecule has 0 aliphatic heterocycles. The first-order valence-corrected chi connectivity index (χ1v) is 7.33. The van der Waals surface area contributed by atoms with Crippen molar-refractivity contribution in [2.24, 2.45) is 0 Å². The van der Waals surface area contributed by atoms with Gasteiger partial charge in [-0.3, -0.25) is 0 Å². The Labute approximate surface area is 112 Å². The van der Waals surface area contributed by atoms with E-state index >= 15 is 0 Å². The monoisotopic (exact) mass is 258 g/mol. The minimum absolute atomic E-state index is 0.221. The Kier molecular flexibility index (Phi) is 16.3. The highest BCUT2D eigenvalue weighted by Crippen LogP contribution is 2.04. The molecule has 0 atom stereocenters. The lowest BCUT2D eigenvalue weighted by Gasteiger charge is -2.04. The van der Waals surface area contributed by atoms with Crippen LogP contribution in [0.25, 0.3) is 0 Å². The van der Waals surface area contributed by atoms with Crippen molar-refractivity contribution >= 4 is 0 Å². The molecule has 0 fully saturated rings. The molecule has 0 aliphatic rings. The Morgan fingerprint density at radius 2 is 1.50 bits per heavy atom. The molecule has 0 aromatic rings. The standard InChI is InChI=1S/C15H30O3/c1-2-3-4-5-7-10-13-17-15-18-14-11-8-6-9-12-16/h6,8,16H,2-5,7,9-15H2,1H3/b8-6+. The number of aliphatic hydroxyl groups excluding tert-OH is 1. The molecule has 0 saturated heterocycles. The third-order valence-corrected chi connectivity index (χ3v) is 2.70. The maximum atomic E-state index is 8.55. The Bertz CT molecular complexity index is 169. The van der Waals surface area contributed by atoms with Gasteiger partial charge in [0.15, 0.2) is 0 Å². The number of ether oxygens (including phenoxy) is 2. The predicted octanol–water partition coefficient (Wildman–Crippen LogP) is 3.67. The summed E-state index contributed by atoms with van der Waals surface area (Å²) in [5, 5.41) is 8.55. The van der Waals surface area contributed by atoms with Crippen LogP contribution in [-0.4, -0.2) is 31.7 Å². The lowest BCUT2D eigenvalue weighted by atomic mass is 10.1. The number of hydrogen-bond donors (Lipinski definition) is 1. The highest BCUT2D eigenvalue weighted by Gasteiger charge is 1.91. The Morgan fingerprint density at radius 3 is 2.28 bits per heavy atom. The first-order valence-electron chi connectivity index (χ1n) is 7.33. The molecule has 0 bridgehead atoms. The SMILES string of the molecule is CCCCCCCCOCOCC/C=C/CCO. The molecular formula is C15H30O3. The summed E-state index contributed by atoms with van der Waals surface area (Å²) < 4.78 is 10.7. The molecule has 0 heterocycles. The van der Waals surface area contributed by atoms with Crippen LogP contribution < -0.4 is 0 Å². The third-order valence-electron chi connectivity index (χ3n) is 2.70. The van der Waals surface area contributed by atoms with Crippen molar-refractivity contribution in [3.05, 3.63) is 12.2 Å². The molecule has 0 aromatic heterocycles. The molecule has 3 heteroatoms. The largest absolute Gasteiger partial charge is 0.396 e. The summed E-state index contributed by atoms with van der Waals surface area (Å²) >= 11 is 0. The van der Waals surface area contributed by atoms with E-state index in [0.717, 1.165) is 25.9 Å². The van der Waals surface area contributed by atoms with Crippen LogP contribution in [0.4, 0.5) is 0 Å². The summed E-state index contributed by atoms with van der Waals surface area (Å²) in [6.45, 7) is 4.37.